The minimum Gasteiger partial charge on any atom is -0.493 e. The standard InChI is InChI=1S/C29H35N3O4/c1-34-21-5-4-19-16-22-28-9-8-20(32(14-10-28)24(33)7-6-23-30-12-15-35-23)27-29(28,25(19)26(21)36-27)11-13-31(22)17-18-2-3-18/h4-5,12,15,18,20,22,27H,2-3,6-11,13-14,16-17H2,1H3/t20-,22-,27+,28-,29+/m1/s1. The van der Waals surface area contributed by atoms with Gasteiger partial charge in [-0.05, 0) is 69.0 Å². The van der Waals surface area contributed by atoms with Gasteiger partial charge in [0.25, 0.3) is 0 Å². The van der Waals surface area contributed by atoms with Crippen molar-refractivity contribution in [3.05, 3.63) is 41.6 Å². The predicted molar refractivity (Wildman–Crippen MR) is 132 cm³/mol. The largest absolute Gasteiger partial charge is 0.493 e. The molecule has 4 aliphatic heterocycles. The molecule has 7 aliphatic rings. The molecular formula is C29H35N3O4. The van der Waals surface area contributed by atoms with E-state index in [0.717, 1.165) is 56.2 Å². The molecule has 2 spiro atoms. The van der Waals surface area contributed by atoms with E-state index < -0.39 is 0 Å². The number of aromatic nitrogens is 1. The first-order chi connectivity index (χ1) is 17.6. The summed E-state index contributed by atoms with van der Waals surface area (Å²) in [5.74, 6) is 3.56. The van der Waals surface area contributed by atoms with Crippen LogP contribution in [0.4, 0.5) is 0 Å². The first-order valence-electron chi connectivity index (χ1n) is 13.9. The molecule has 7 nitrogen and oxygen atoms in total. The molecule has 36 heavy (non-hydrogen) atoms. The average molecular weight is 490 g/mol. The Bertz CT molecular complexity index is 1210. The number of hydrogen-bond donors (Lipinski definition) is 0. The molecular weight excluding hydrogens is 454 g/mol. The summed E-state index contributed by atoms with van der Waals surface area (Å²) in [6.07, 6.45) is 12.5. The smallest absolute Gasteiger partial charge is 0.223 e. The SMILES string of the molecule is COc1ccc2c3c1O[C@H]1[C@H]4CC[C@@]5(CCN4C(=O)CCc4ncco4)[C@@H](C2)N(CC2CC2)CC[C@]315. The van der Waals surface area contributed by atoms with E-state index in [1.54, 1.807) is 19.6 Å². The van der Waals surface area contributed by atoms with E-state index in [1.807, 2.05) is 0 Å². The molecule has 3 aliphatic carbocycles. The van der Waals surface area contributed by atoms with Gasteiger partial charge in [-0.3, -0.25) is 9.69 Å². The lowest BCUT2D eigenvalue weighted by atomic mass is 9.42. The number of nitrogens with zero attached hydrogens (tertiary/aromatic N) is 3. The number of carbonyl (C=O) groups is 1. The summed E-state index contributed by atoms with van der Waals surface area (Å²) in [7, 11) is 1.75. The van der Waals surface area contributed by atoms with Crippen molar-refractivity contribution >= 4 is 5.91 Å². The zero-order valence-electron chi connectivity index (χ0n) is 21.1. The van der Waals surface area contributed by atoms with Crippen LogP contribution in [-0.4, -0.2) is 65.6 Å². The normalized spacial score (nSPS) is 35.8. The Morgan fingerprint density at radius 3 is 2.92 bits per heavy atom. The number of ether oxygens (including phenoxy) is 2. The molecule has 190 valence electrons. The van der Waals surface area contributed by atoms with Crippen LogP contribution in [-0.2, 0) is 23.1 Å². The summed E-state index contributed by atoms with van der Waals surface area (Å²) in [5.41, 5.74) is 3.03. The summed E-state index contributed by atoms with van der Waals surface area (Å²) in [5, 5.41) is 0. The molecule has 1 aromatic carbocycles. The fourth-order valence-electron chi connectivity index (χ4n) is 9.18. The molecule has 1 amide bonds. The van der Waals surface area contributed by atoms with Gasteiger partial charge >= 0.3 is 0 Å². The molecule has 1 aromatic heterocycles. The van der Waals surface area contributed by atoms with Crippen LogP contribution in [0.25, 0.3) is 0 Å². The topological polar surface area (TPSA) is 68.0 Å². The zero-order chi connectivity index (χ0) is 24.1. The van der Waals surface area contributed by atoms with Gasteiger partial charge in [0.05, 0.1) is 19.3 Å². The zero-order valence-corrected chi connectivity index (χ0v) is 21.1. The Balaban J connectivity index is 1.22. The van der Waals surface area contributed by atoms with Crippen molar-refractivity contribution in [3.8, 4) is 11.5 Å². The molecule has 0 N–H and O–H groups in total. The van der Waals surface area contributed by atoms with Crippen molar-refractivity contribution in [2.45, 2.75) is 81.4 Å². The van der Waals surface area contributed by atoms with Crippen LogP contribution >= 0.6 is 0 Å². The van der Waals surface area contributed by atoms with Gasteiger partial charge in [-0.25, -0.2) is 4.98 Å². The second-order valence-electron chi connectivity index (χ2n) is 12.1. The summed E-state index contributed by atoms with van der Waals surface area (Å²) in [6.45, 7) is 3.22. The molecule has 5 heterocycles. The third kappa shape index (κ3) is 2.67. The fraction of sp³-hybridized carbons (Fsp3) is 0.655. The highest BCUT2D eigenvalue weighted by molar-refractivity contribution is 5.77. The van der Waals surface area contributed by atoms with E-state index >= 15 is 0 Å². The molecule has 4 bridgehead atoms. The van der Waals surface area contributed by atoms with Gasteiger partial charge in [0.2, 0.25) is 5.91 Å². The highest BCUT2D eigenvalue weighted by Gasteiger charge is 2.74. The number of amides is 1. The van der Waals surface area contributed by atoms with Crippen LogP contribution < -0.4 is 9.47 Å². The number of rotatable bonds is 6. The summed E-state index contributed by atoms with van der Waals surface area (Å²) in [6, 6.07) is 5.06. The summed E-state index contributed by atoms with van der Waals surface area (Å²) < 4.78 is 18.2. The fourth-order valence-corrected chi connectivity index (χ4v) is 9.18. The highest BCUT2D eigenvalue weighted by atomic mass is 16.5. The van der Waals surface area contributed by atoms with Crippen LogP contribution in [0.1, 0.15) is 62.0 Å². The molecule has 5 atom stereocenters. The van der Waals surface area contributed by atoms with Crippen LogP contribution in [0.2, 0.25) is 0 Å². The first-order valence-corrected chi connectivity index (χ1v) is 13.9. The van der Waals surface area contributed by atoms with E-state index in [2.05, 4.69) is 26.9 Å². The Kier molecular flexibility index (Phi) is 4.49. The molecule has 2 saturated carbocycles. The van der Waals surface area contributed by atoms with Crippen molar-refractivity contribution in [2.75, 3.05) is 26.7 Å². The number of oxazole rings is 1. The van der Waals surface area contributed by atoms with Gasteiger partial charge in [-0.15, -0.1) is 0 Å². The maximum absolute atomic E-state index is 13.7. The second kappa shape index (κ2) is 7.50. The van der Waals surface area contributed by atoms with Gasteiger partial charge in [0.15, 0.2) is 17.4 Å². The van der Waals surface area contributed by atoms with Gasteiger partial charge in [-0.1, -0.05) is 6.07 Å². The predicted octanol–water partition coefficient (Wildman–Crippen LogP) is 3.74. The molecule has 2 aromatic rings. The van der Waals surface area contributed by atoms with E-state index in [-0.39, 0.29) is 28.9 Å². The van der Waals surface area contributed by atoms with E-state index in [1.165, 1.54) is 36.9 Å². The number of aryl methyl sites for hydroxylation is 1. The monoisotopic (exact) mass is 489 g/mol. The average Bonchev–Trinajstić information content (AvgIpc) is 3.51. The highest BCUT2D eigenvalue weighted by Crippen LogP contribution is 2.71. The van der Waals surface area contributed by atoms with E-state index in [4.69, 9.17) is 13.9 Å². The number of benzene rings is 1. The molecule has 3 saturated heterocycles. The summed E-state index contributed by atoms with van der Waals surface area (Å²) in [4.78, 5) is 23.0. The first kappa shape index (κ1) is 21.5. The van der Waals surface area contributed by atoms with Crippen molar-refractivity contribution in [2.24, 2.45) is 11.3 Å². The molecule has 7 heteroatoms. The van der Waals surface area contributed by atoms with E-state index in [0.29, 0.717) is 24.8 Å². The van der Waals surface area contributed by atoms with Crippen LogP contribution in [0.5, 0.6) is 11.5 Å². The number of hydrogen-bond acceptors (Lipinski definition) is 6. The Morgan fingerprint density at radius 2 is 2.11 bits per heavy atom. The van der Waals surface area contributed by atoms with Crippen molar-refractivity contribution in [1.82, 2.24) is 14.8 Å². The molecule has 9 rings (SSSR count). The van der Waals surface area contributed by atoms with Crippen molar-refractivity contribution in [3.63, 3.8) is 0 Å². The third-order valence-electron chi connectivity index (χ3n) is 10.8. The quantitative estimate of drug-likeness (QED) is 0.616. The lowest BCUT2D eigenvalue weighted by molar-refractivity contribution is -0.144. The van der Waals surface area contributed by atoms with Crippen LogP contribution in [0.15, 0.2) is 29.0 Å². The van der Waals surface area contributed by atoms with Crippen molar-refractivity contribution in [1.29, 1.82) is 0 Å². The number of likely N-dealkylation sites (tertiary alicyclic amines) is 1. The van der Waals surface area contributed by atoms with Gasteiger partial charge in [-0.2, -0.15) is 0 Å². The lowest BCUT2D eigenvalue weighted by Crippen LogP contribution is -2.72. The number of piperidine rings is 1. The Labute approximate surface area is 212 Å². The second-order valence-corrected chi connectivity index (χ2v) is 12.1. The van der Waals surface area contributed by atoms with Gasteiger partial charge in [0, 0.05) is 48.4 Å². The maximum atomic E-state index is 13.7. The number of methoxy groups -OCH3 is 1. The number of carbonyl (C=O) groups excluding carboxylic acids is 1. The van der Waals surface area contributed by atoms with Gasteiger partial charge in [0.1, 0.15) is 12.4 Å². The van der Waals surface area contributed by atoms with Crippen LogP contribution in [0.3, 0.4) is 0 Å². The lowest BCUT2D eigenvalue weighted by Gasteiger charge is -2.66. The van der Waals surface area contributed by atoms with E-state index in [9.17, 15) is 4.79 Å². The Morgan fingerprint density at radius 1 is 1.19 bits per heavy atom. The number of fused-ring (bicyclic) bond motifs is 3. The summed E-state index contributed by atoms with van der Waals surface area (Å²) >= 11 is 0. The Hall–Kier alpha value is -2.54. The minimum absolute atomic E-state index is 0.00960. The molecule has 0 unspecified atom stereocenters. The third-order valence-corrected chi connectivity index (χ3v) is 10.8. The van der Waals surface area contributed by atoms with Crippen LogP contribution in [0, 0.1) is 11.3 Å². The molecule has 0 radical (unpaired) electrons. The minimum atomic E-state index is -0.0182. The molecule has 5 fully saturated rings. The van der Waals surface area contributed by atoms with Gasteiger partial charge < -0.3 is 18.8 Å². The van der Waals surface area contributed by atoms with Crippen molar-refractivity contribution < 1.29 is 18.7 Å². The maximum Gasteiger partial charge on any atom is 0.223 e.